The Morgan fingerprint density at radius 3 is 2.64 bits per heavy atom. The highest BCUT2D eigenvalue weighted by atomic mass is 32.2. The van der Waals surface area contributed by atoms with Gasteiger partial charge in [0.05, 0.1) is 11.0 Å². The van der Waals surface area contributed by atoms with Gasteiger partial charge < -0.3 is 10.3 Å². The van der Waals surface area contributed by atoms with Gasteiger partial charge in [0, 0.05) is 17.9 Å². The normalized spacial score (nSPS) is 11.2. The van der Waals surface area contributed by atoms with Gasteiger partial charge in [-0.3, -0.25) is 4.79 Å². The summed E-state index contributed by atoms with van der Waals surface area (Å²) in [5.74, 6) is 1.41. The molecule has 0 unspecified atom stereocenters. The number of imidazole rings is 1. The second-order valence-electron chi connectivity index (χ2n) is 6.48. The number of nitrogens with zero attached hydrogens (tertiary/aromatic N) is 1. The van der Waals surface area contributed by atoms with Crippen molar-refractivity contribution in [2.75, 3.05) is 6.54 Å². The smallest absolute Gasteiger partial charge is 0.251 e. The number of para-hydroxylation sites is 2. The number of nitrogens with one attached hydrogen (secondary N) is 2. The highest BCUT2D eigenvalue weighted by molar-refractivity contribution is 7.98. The number of hydrogen-bond acceptors (Lipinski definition) is 3. The summed E-state index contributed by atoms with van der Waals surface area (Å²) in [5.41, 5.74) is 3.92. The number of hydrogen-bond donors (Lipinski definition) is 2. The average Bonchev–Trinajstić information content (AvgIpc) is 3.03. The molecule has 0 saturated heterocycles. The SMILES string of the molecule is CC(C)CCNC(=O)c1ccc(CSc2nc3ccccc3[nH]2)cc1. The molecule has 0 fully saturated rings. The molecular weight excluding hydrogens is 330 g/mol. The molecule has 1 amide bonds. The third kappa shape index (κ3) is 4.86. The Morgan fingerprint density at radius 1 is 1.16 bits per heavy atom. The summed E-state index contributed by atoms with van der Waals surface area (Å²) in [6.45, 7) is 5.03. The van der Waals surface area contributed by atoms with E-state index in [4.69, 9.17) is 0 Å². The van der Waals surface area contributed by atoms with Crippen LogP contribution < -0.4 is 5.32 Å². The van der Waals surface area contributed by atoms with Crippen LogP contribution in [0.3, 0.4) is 0 Å². The zero-order valence-electron chi connectivity index (χ0n) is 14.6. The van der Waals surface area contributed by atoms with Gasteiger partial charge in [-0.05, 0) is 42.2 Å². The van der Waals surface area contributed by atoms with E-state index in [1.807, 2.05) is 48.5 Å². The van der Waals surface area contributed by atoms with Crippen molar-refractivity contribution in [2.45, 2.75) is 31.2 Å². The average molecular weight is 353 g/mol. The molecule has 0 aliphatic rings. The fourth-order valence-corrected chi connectivity index (χ4v) is 3.32. The third-order valence-electron chi connectivity index (χ3n) is 3.97. The molecule has 0 aliphatic carbocycles. The highest BCUT2D eigenvalue weighted by Crippen LogP contribution is 2.23. The number of aromatic nitrogens is 2. The number of rotatable bonds is 7. The van der Waals surface area contributed by atoms with Crippen molar-refractivity contribution in [3.8, 4) is 0 Å². The van der Waals surface area contributed by atoms with E-state index in [0.29, 0.717) is 11.5 Å². The fourth-order valence-electron chi connectivity index (χ4n) is 2.48. The van der Waals surface area contributed by atoms with Gasteiger partial charge in [0.2, 0.25) is 0 Å². The Hall–Kier alpha value is -2.27. The quantitative estimate of drug-likeness (QED) is 0.609. The number of amides is 1. The maximum Gasteiger partial charge on any atom is 0.251 e. The summed E-state index contributed by atoms with van der Waals surface area (Å²) in [4.78, 5) is 20.0. The number of aromatic amines is 1. The highest BCUT2D eigenvalue weighted by Gasteiger charge is 2.07. The first kappa shape index (κ1) is 17.5. The topological polar surface area (TPSA) is 57.8 Å². The summed E-state index contributed by atoms with van der Waals surface area (Å²) in [5, 5.41) is 3.88. The zero-order valence-corrected chi connectivity index (χ0v) is 15.4. The maximum atomic E-state index is 12.1. The molecule has 130 valence electrons. The first-order valence-corrected chi connectivity index (χ1v) is 9.55. The Bertz CT molecular complexity index is 807. The number of carbonyl (C=O) groups is 1. The molecule has 0 saturated carbocycles. The predicted octanol–water partition coefficient (Wildman–Crippen LogP) is 4.63. The van der Waals surface area contributed by atoms with Gasteiger partial charge >= 0.3 is 0 Å². The Morgan fingerprint density at radius 2 is 1.92 bits per heavy atom. The van der Waals surface area contributed by atoms with Crippen LogP contribution in [0, 0.1) is 5.92 Å². The molecule has 25 heavy (non-hydrogen) atoms. The van der Waals surface area contributed by atoms with Crippen LogP contribution in [0.1, 0.15) is 36.2 Å². The van der Waals surface area contributed by atoms with Crippen LogP contribution in [0.2, 0.25) is 0 Å². The van der Waals surface area contributed by atoms with Gasteiger partial charge in [0.1, 0.15) is 0 Å². The van der Waals surface area contributed by atoms with E-state index in [2.05, 4.69) is 29.1 Å². The van der Waals surface area contributed by atoms with Crippen molar-refractivity contribution in [3.63, 3.8) is 0 Å². The first-order valence-electron chi connectivity index (χ1n) is 8.56. The van der Waals surface area contributed by atoms with Crippen LogP contribution in [0.15, 0.2) is 53.7 Å². The molecule has 0 aliphatic heterocycles. The number of benzene rings is 2. The Balaban J connectivity index is 1.54. The monoisotopic (exact) mass is 353 g/mol. The lowest BCUT2D eigenvalue weighted by atomic mass is 10.1. The number of H-pyrrole nitrogens is 1. The van der Waals surface area contributed by atoms with Crippen molar-refractivity contribution in [1.82, 2.24) is 15.3 Å². The molecule has 2 aromatic carbocycles. The van der Waals surface area contributed by atoms with E-state index in [9.17, 15) is 4.79 Å². The second kappa shape index (κ2) is 8.21. The fraction of sp³-hybridized carbons (Fsp3) is 0.300. The standard InChI is InChI=1S/C20H23N3OS/c1-14(2)11-12-21-19(24)16-9-7-15(8-10-16)13-25-20-22-17-5-3-4-6-18(17)23-20/h3-10,14H,11-13H2,1-2H3,(H,21,24)(H,22,23). The Labute approximate surface area is 152 Å². The molecule has 0 spiro atoms. The van der Waals surface area contributed by atoms with E-state index in [-0.39, 0.29) is 5.91 Å². The molecule has 0 atom stereocenters. The molecule has 3 rings (SSSR count). The summed E-state index contributed by atoms with van der Waals surface area (Å²) in [7, 11) is 0. The van der Waals surface area contributed by atoms with Crippen LogP contribution in [-0.4, -0.2) is 22.4 Å². The van der Waals surface area contributed by atoms with Crippen molar-refractivity contribution in [2.24, 2.45) is 5.92 Å². The van der Waals surface area contributed by atoms with Gasteiger partial charge in [-0.1, -0.05) is 49.9 Å². The number of thioether (sulfide) groups is 1. The molecule has 1 heterocycles. The molecule has 5 heteroatoms. The van der Waals surface area contributed by atoms with Crippen LogP contribution >= 0.6 is 11.8 Å². The minimum Gasteiger partial charge on any atom is -0.352 e. The largest absolute Gasteiger partial charge is 0.352 e. The van der Waals surface area contributed by atoms with Gasteiger partial charge in [-0.15, -0.1) is 0 Å². The van der Waals surface area contributed by atoms with Gasteiger partial charge in [0.15, 0.2) is 5.16 Å². The molecule has 3 aromatic rings. The van der Waals surface area contributed by atoms with Crippen molar-refractivity contribution in [1.29, 1.82) is 0 Å². The van der Waals surface area contributed by atoms with Crippen LogP contribution in [0.5, 0.6) is 0 Å². The van der Waals surface area contributed by atoms with E-state index >= 15 is 0 Å². The van der Waals surface area contributed by atoms with E-state index in [1.165, 1.54) is 5.56 Å². The predicted molar refractivity (Wildman–Crippen MR) is 104 cm³/mol. The lowest BCUT2D eigenvalue weighted by Crippen LogP contribution is -2.25. The summed E-state index contributed by atoms with van der Waals surface area (Å²) in [6, 6.07) is 15.8. The molecule has 0 bridgehead atoms. The van der Waals surface area contributed by atoms with Crippen molar-refractivity contribution in [3.05, 3.63) is 59.7 Å². The molecule has 1 aromatic heterocycles. The third-order valence-corrected chi connectivity index (χ3v) is 4.91. The van der Waals surface area contributed by atoms with Crippen LogP contribution in [0.25, 0.3) is 11.0 Å². The van der Waals surface area contributed by atoms with Gasteiger partial charge in [-0.2, -0.15) is 0 Å². The summed E-state index contributed by atoms with van der Waals surface area (Å²) < 4.78 is 0. The zero-order chi connectivity index (χ0) is 17.6. The second-order valence-corrected chi connectivity index (χ2v) is 7.45. The first-order chi connectivity index (χ1) is 12.1. The lowest BCUT2D eigenvalue weighted by molar-refractivity contribution is 0.0952. The van der Waals surface area contributed by atoms with E-state index < -0.39 is 0 Å². The molecule has 2 N–H and O–H groups in total. The van der Waals surface area contributed by atoms with Crippen molar-refractivity contribution >= 4 is 28.7 Å². The van der Waals surface area contributed by atoms with Crippen molar-refractivity contribution < 1.29 is 4.79 Å². The van der Waals surface area contributed by atoms with Crippen LogP contribution in [-0.2, 0) is 5.75 Å². The van der Waals surface area contributed by atoms with E-state index in [1.54, 1.807) is 11.8 Å². The van der Waals surface area contributed by atoms with E-state index in [0.717, 1.165) is 34.9 Å². The lowest BCUT2D eigenvalue weighted by Gasteiger charge is -2.07. The molecule has 4 nitrogen and oxygen atoms in total. The minimum atomic E-state index is -0.00265. The Kier molecular flexibility index (Phi) is 5.76. The molecular formula is C20H23N3OS. The maximum absolute atomic E-state index is 12.1. The van der Waals surface area contributed by atoms with Crippen LogP contribution in [0.4, 0.5) is 0 Å². The summed E-state index contributed by atoms with van der Waals surface area (Å²) in [6.07, 6.45) is 0.998. The van der Waals surface area contributed by atoms with Gasteiger partial charge in [0.25, 0.3) is 5.91 Å². The minimum absolute atomic E-state index is 0.00265. The number of carbonyl (C=O) groups excluding carboxylic acids is 1. The number of fused-ring (bicyclic) bond motifs is 1. The molecule has 0 radical (unpaired) electrons. The summed E-state index contributed by atoms with van der Waals surface area (Å²) >= 11 is 1.66. The van der Waals surface area contributed by atoms with Gasteiger partial charge in [-0.25, -0.2) is 4.98 Å².